The van der Waals surface area contributed by atoms with Gasteiger partial charge in [-0.05, 0) is 43.5 Å². The molecule has 0 aliphatic carbocycles. The van der Waals surface area contributed by atoms with Crippen LogP contribution in [0.5, 0.6) is 0 Å². The van der Waals surface area contributed by atoms with Gasteiger partial charge < -0.3 is 19.8 Å². The Morgan fingerprint density at radius 3 is 2.76 bits per heavy atom. The minimum absolute atomic E-state index is 0.0711. The van der Waals surface area contributed by atoms with E-state index in [0.29, 0.717) is 48.0 Å². The number of aryl methyl sites for hydroxylation is 1. The van der Waals surface area contributed by atoms with E-state index in [1.165, 1.54) is 11.8 Å². The van der Waals surface area contributed by atoms with Crippen LogP contribution in [0.2, 0.25) is 0 Å². The maximum absolute atomic E-state index is 13.1. The van der Waals surface area contributed by atoms with Gasteiger partial charge >= 0.3 is 0 Å². The Balaban J connectivity index is 1.49. The summed E-state index contributed by atoms with van der Waals surface area (Å²) in [6.07, 6.45) is 5.37. The van der Waals surface area contributed by atoms with Gasteiger partial charge in [-0.2, -0.15) is 0 Å². The highest BCUT2D eigenvalue weighted by molar-refractivity contribution is 8.05. The molecule has 0 saturated carbocycles. The fourth-order valence-corrected chi connectivity index (χ4v) is 4.51. The highest BCUT2D eigenvalue weighted by atomic mass is 32.2. The summed E-state index contributed by atoms with van der Waals surface area (Å²) in [6.45, 7) is 3.21. The van der Waals surface area contributed by atoms with Crippen molar-refractivity contribution in [3.05, 3.63) is 58.6 Å². The summed E-state index contributed by atoms with van der Waals surface area (Å²) >= 11 is 1.32. The summed E-state index contributed by atoms with van der Waals surface area (Å²) in [5.41, 5.74) is 1.57. The van der Waals surface area contributed by atoms with Crippen LogP contribution in [0.25, 0.3) is 5.70 Å². The number of rotatable bonds is 6. The number of pyridine rings is 1. The van der Waals surface area contributed by atoms with Crippen LogP contribution >= 0.6 is 11.8 Å². The number of nitrogens with one attached hydrogen (secondary N) is 2. The van der Waals surface area contributed by atoms with Crippen LogP contribution in [0.3, 0.4) is 0 Å². The minimum atomic E-state index is -0.466. The third-order valence-electron chi connectivity index (χ3n) is 5.03. The number of carbonyl (C=O) groups excluding carboxylic acids is 2. The molecule has 0 aromatic carbocycles. The first kappa shape index (κ1) is 19.7. The van der Waals surface area contributed by atoms with E-state index in [1.807, 2.05) is 13.0 Å². The molecule has 4 heterocycles. The van der Waals surface area contributed by atoms with E-state index in [9.17, 15) is 9.59 Å². The van der Waals surface area contributed by atoms with Gasteiger partial charge in [0.1, 0.15) is 0 Å². The average molecular weight is 413 g/mol. The van der Waals surface area contributed by atoms with E-state index < -0.39 is 5.50 Å². The Morgan fingerprint density at radius 1 is 1.28 bits per heavy atom. The van der Waals surface area contributed by atoms with Crippen LogP contribution in [-0.4, -0.2) is 35.4 Å². The van der Waals surface area contributed by atoms with Crippen LogP contribution in [-0.2, 0) is 16.0 Å². The Hall–Kier alpha value is -2.58. The van der Waals surface area contributed by atoms with Crippen molar-refractivity contribution < 1.29 is 18.7 Å². The molecular weight excluding hydrogens is 390 g/mol. The van der Waals surface area contributed by atoms with Crippen molar-refractivity contribution in [1.29, 1.82) is 0 Å². The lowest BCUT2D eigenvalue weighted by molar-refractivity contribution is -0.121. The fourth-order valence-electron chi connectivity index (χ4n) is 3.37. The predicted octanol–water partition coefficient (Wildman–Crippen LogP) is 2.95. The molecule has 1 atom stereocenters. The van der Waals surface area contributed by atoms with Crippen LogP contribution in [0, 0.1) is 5.92 Å². The summed E-state index contributed by atoms with van der Waals surface area (Å²) in [5, 5.41) is 6.16. The zero-order valence-electron chi connectivity index (χ0n) is 16.1. The van der Waals surface area contributed by atoms with E-state index in [1.54, 1.807) is 30.7 Å². The number of ether oxygens (including phenoxy) is 1. The van der Waals surface area contributed by atoms with Gasteiger partial charge in [-0.3, -0.25) is 14.6 Å². The number of amides is 1. The summed E-state index contributed by atoms with van der Waals surface area (Å²) in [5.74, 6) is 0.337. The molecule has 4 rings (SSSR count). The predicted molar refractivity (Wildman–Crippen MR) is 110 cm³/mol. The molecule has 2 N–H and O–H groups in total. The quantitative estimate of drug-likeness (QED) is 0.752. The minimum Gasteiger partial charge on any atom is -0.463 e. The molecule has 7 nitrogen and oxygen atoms in total. The maximum Gasteiger partial charge on any atom is 0.255 e. The Bertz CT molecular complexity index is 903. The molecule has 2 aliphatic heterocycles. The molecule has 152 valence electrons. The van der Waals surface area contributed by atoms with Gasteiger partial charge in [-0.15, -0.1) is 0 Å². The lowest BCUT2D eigenvalue weighted by Crippen LogP contribution is -2.39. The molecule has 2 aliphatic rings. The fraction of sp³-hybridized carbons (Fsp3) is 0.381. The van der Waals surface area contributed by atoms with E-state index in [0.717, 1.165) is 12.1 Å². The number of Topliss-reactive ketones (excluding diaryl/α,β-unsaturated/α-hetero) is 1. The summed E-state index contributed by atoms with van der Waals surface area (Å²) < 4.78 is 10.9. The van der Waals surface area contributed by atoms with Crippen molar-refractivity contribution >= 4 is 29.1 Å². The van der Waals surface area contributed by atoms with E-state index >= 15 is 0 Å². The number of ketones is 1. The van der Waals surface area contributed by atoms with Crippen LogP contribution in [0.15, 0.2) is 46.0 Å². The van der Waals surface area contributed by atoms with Gasteiger partial charge in [0.25, 0.3) is 5.91 Å². The van der Waals surface area contributed by atoms with Gasteiger partial charge in [-0.1, -0.05) is 18.7 Å². The number of thioether (sulfide) groups is 1. The number of hydrogen-bond acceptors (Lipinski definition) is 7. The SMILES string of the molecule is CCc1ccc(C(=O)NC2NC(c3ccco3)=C(C(=O)C3CCOCC3)S2)cn1. The molecule has 2 aromatic rings. The first-order valence-electron chi connectivity index (χ1n) is 9.74. The molecule has 8 heteroatoms. The second-order valence-electron chi connectivity index (χ2n) is 6.94. The van der Waals surface area contributed by atoms with Crippen LogP contribution < -0.4 is 10.6 Å². The third kappa shape index (κ3) is 4.38. The summed E-state index contributed by atoms with van der Waals surface area (Å²) in [7, 11) is 0. The molecule has 1 saturated heterocycles. The van der Waals surface area contributed by atoms with E-state index in [4.69, 9.17) is 9.15 Å². The smallest absolute Gasteiger partial charge is 0.255 e. The molecule has 2 aromatic heterocycles. The van der Waals surface area contributed by atoms with Crippen molar-refractivity contribution in [3.8, 4) is 0 Å². The number of aromatic nitrogens is 1. The van der Waals surface area contributed by atoms with Crippen molar-refractivity contribution in [2.75, 3.05) is 13.2 Å². The lowest BCUT2D eigenvalue weighted by Gasteiger charge is -2.21. The van der Waals surface area contributed by atoms with Crippen molar-refractivity contribution in [1.82, 2.24) is 15.6 Å². The van der Waals surface area contributed by atoms with Crippen molar-refractivity contribution in [3.63, 3.8) is 0 Å². The number of allylic oxidation sites excluding steroid dienone is 1. The van der Waals surface area contributed by atoms with Crippen LogP contribution in [0.4, 0.5) is 0 Å². The van der Waals surface area contributed by atoms with Gasteiger partial charge in [-0.25, -0.2) is 0 Å². The largest absolute Gasteiger partial charge is 0.463 e. The summed E-state index contributed by atoms with van der Waals surface area (Å²) in [4.78, 5) is 30.6. The van der Waals surface area contributed by atoms with Gasteiger partial charge in [0.2, 0.25) is 0 Å². The van der Waals surface area contributed by atoms with E-state index in [2.05, 4.69) is 15.6 Å². The third-order valence-corrected chi connectivity index (χ3v) is 6.15. The zero-order valence-corrected chi connectivity index (χ0v) is 17.0. The Morgan fingerprint density at radius 2 is 2.10 bits per heavy atom. The number of nitrogens with zero attached hydrogens (tertiary/aromatic N) is 1. The number of hydrogen-bond donors (Lipinski definition) is 2. The second-order valence-corrected chi connectivity index (χ2v) is 8.06. The van der Waals surface area contributed by atoms with Gasteiger partial charge in [0, 0.05) is 31.0 Å². The van der Waals surface area contributed by atoms with Gasteiger partial charge in [0.15, 0.2) is 17.0 Å². The van der Waals surface area contributed by atoms with E-state index in [-0.39, 0.29) is 17.6 Å². The average Bonchev–Trinajstić information content (AvgIpc) is 3.44. The molecule has 0 radical (unpaired) electrons. The molecule has 29 heavy (non-hydrogen) atoms. The summed E-state index contributed by atoms with van der Waals surface area (Å²) in [6, 6.07) is 7.18. The number of carbonyl (C=O) groups is 2. The normalized spacial score (nSPS) is 19.8. The highest BCUT2D eigenvalue weighted by Gasteiger charge is 2.35. The molecule has 1 amide bonds. The maximum atomic E-state index is 13.1. The molecular formula is C21H23N3O4S. The van der Waals surface area contributed by atoms with Crippen LogP contribution in [0.1, 0.15) is 41.6 Å². The Kier molecular flexibility index (Phi) is 6.01. The van der Waals surface area contributed by atoms with Crippen molar-refractivity contribution in [2.45, 2.75) is 31.7 Å². The molecule has 0 spiro atoms. The first-order valence-corrected chi connectivity index (χ1v) is 10.6. The zero-order chi connectivity index (χ0) is 20.2. The highest BCUT2D eigenvalue weighted by Crippen LogP contribution is 2.38. The molecule has 1 fully saturated rings. The second kappa shape index (κ2) is 8.84. The topological polar surface area (TPSA) is 93.5 Å². The molecule has 0 bridgehead atoms. The molecule has 1 unspecified atom stereocenters. The monoisotopic (exact) mass is 413 g/mol. The standard InChI is InChI=1S/C21H23N3O4S/c1-2-15-6-5-14(12-22-15)20(26)24-21-23-17(16-4-3-9-28-16)19(29-21)18(25)13-7-10-27-11-8-13/h3-6,9,12-13,21,23H,2,7-8,10-11H2,1H3,(H,24,26). The lowest BCUT2D eigenvalue weighted by atomic mass is 9.94. The first-order chi connectivity index (χ1) is 14.2. The Labute approximate surface area is 173 Å². The number of furan rings is 1. The van der Waals surface area contributed by atoms with Gasteiger partial charge in [0.05, 0.1) is 22.4 Å². The van der Waals surface area contributed by atoms with Crippen molar-refractivity contribution in [2.24, 2.45) is 5.92 Å².